The van der Waals surface area contributed by atoms with Gasteiger partial charge in [0, 0.05) is 25.1 Å². The zero-order chi connectivity index (χ0) is 12.8. The molecular weight excluding hydrogens is 314 g/mol. The summed E-state index contributed by atoms with van der Waals surface area (Å²) in [5.41, 5.74) is 0. The molecule has 0 spiro atoms. The summed E-state index contributed by atoms with van der Waals surface area (Å²) in [6.45, 7) is 2.51. The highest BCUT2D eigenvalue weighted by atomic mass is 79.9. The number of aliphatic imine (C=N–C) groups is 1. The molecule has 1 atom stereocenters. The van der Waals surface area contributed by atoms with E-state index in [-0.39, 0.29) is 0 Å². The molecule has 1 aliphatic heterocycles. The summed E-state index contributed by atoms with van der Waals surface area (Å²) in [7, 11) is 1.79. The summed E-state index contributed by atoms with van der Waals surface area (Å²) in [6.07, 6.45) is 2.64. The summed E-state index contributed by atoms with van der Waals surface area (Å²) < 4.78 is 6.72. The quantitative estimate of drug-likeness (QED) is 0.657. The molecule has 2 N–H and O–H groups in total. The second-order valence-electron chi connectivity index (χ2n) is 4.15. The van der Waals surface area contributed by atoms with Crippen molar-refractivity contribution in [2.75, 3.05) is 20.2 Å². The molecule has 100 valence electrons. The first-order chi connectivity index (χ1) is 8.78. The Morgan fingerprint density at radius 2 is 2.44 bits per heavy atom. The van der Waals surface area contributed by atoms with Crippen LogP contribution in [0.25, 0.3) is 0 Å². The molecule has 18 heavy (non-hydrogen) atoms. The van der Waals surface area contributed by atoms with Gasteiger partial charge < -0.3 is 15.4 Å². The molecule has 0 radical (unpaired) electrons. The number of thiophene rings is 1. The van der Waals surface area contributed by atoms with Crippen LogP contribution in [0, 0.1) is 0 Å². The number of ether oxygens (including phenoxy) is 1. The Labute approximate surface area is 120 Å². The number of rotatable bonds is 4. The molecule has 0 saturated carbocycles. The van der Waals surface area contributed by atoms with Gasteiger partial charge in [-0.05, 0) is 40.9 Å². The van der Waals surface area contributed by atoms with E-state index in [1.165, 1.54) is 11.3 Å². The van der Waals surface area contributed by atoms with E-state index in [1.54, 1.807) is 18.4 Å². The van der Waals surface area contributed by atoms with Crippen LogP contribution in [0.3, 0.4) is 0 Å². The van der Waals surface area contributed by atoms with E-state index in [1.807, 2.05) is 0 Å². The minimum atomic E-state index is 0.333. The summed E-state index contributed by atoms with van der Waals surface area (Å²) in [5.74, 6) is 0.829. The van der Waals surface area contributed by atoms with E-state index in [0.717, 1.165) is 35.9 Å². The van der Waals surface area contributed by atoms with Gasteiger partial charge >= 0.3 is 0 Å². The van der Waals surface area contributed by atoms with Crippen LogP contribution in [0.15, 0.2) is 20.9 Å². The molecule has 4 nitrogen and oxygen atoms in total. The monoisotopic (exact) mass is 331 g/mol. The van der Waals surface area contributed by atoms with Gasteiger partial charge in [0.25, 0.3) is 0 Å². The Bertz CT molecular complexity index is 402. The van der Waals surface area contributed by atoms with Gasteiger partial charge in [0.05, 0.1) is 16.4 Å². The third-order valence-electron chi connectivity index (χ3n) is 2.80. The maximum absolute atomic E-state index is 5.56. The number of nitrogens with zero attached hydrogens (tertiary/aromatic N) is 1. The van der Waals surface area contributed by atoms with Crippen molar-refractivity contribution >= 4 is 33.2 Å². The molecule has 0 amide bonds. The van der Waals surface area contributed by atoms with Crippen LogP contribution in [-0.2, 0) is 11.3 Å². The first-order valence-corrected chi connectivity index (χ1v) is 7.69. The Morgan fingerprint density at radius 3 is 3.06 bits per heavy atom. The number of halogens is 1. The molecule has 1 aromatic rings. The lowest BCUT2D eigenvalue weighted by atomic mass is 10.2. The lowest BCUT2D eigenvalue weighted by Crippen LogP contribution is -2.40. The SMILES string of the molecule is CN=C(NCc1ccc(Br)s1)NCC1CCCO1. The maximum atomic E-state index is 5.56. The predicted octanol–water partition coefficient (Wildman–Crippen LogP) is 2.35. The fourth-order valence-electron chi connectivity index (χ4n) is 1.85. The number of hydrogen-bond donors (Lipinski definition) is 2. The first kappa shape index (κ1) is 13.8. The molecule has 1 aromatic heterocycles. The van der Waals surface area contributed by atoms with E-state index in [4.69, 9.17) is 4.74 Å². The molecule has 1 unspecified atom stereocenters. The molecule has 1 fully saturated rings. The fraction of sp³-hybridized carbons (Fsp3) is 0.583. The lowest BCUT2D eigenvalue weighted by Gasteiger charge is -2.14. The average Bonchev–Trinajstić information content (AvgIpc) is 3.01. The number of guanidine groups is 1. The van der Waals surface area contributed by atoms with Gasteiger partial charge in [0.2, 0.25) is 0 Å². The van der Waals surface area contributed by atoms with E-state index >= 15 is 0 Å². The molecular formula is C12H18BrN3OS. The summed E-state index contributed by atoms with van der Waals surface area (Å²) >= 11 is 5.19. The predicted molar refractivity (Wildman–Crippen MR) is 79.2 cm³/mol. The van der Waals surface area contributed by atoms with Crippen LogP contribution in [0.1, 0.15) is 17.7 Å². The second-order valence-corrected chi connectivity index (χ2v) is 6.70. The maximum Gasteiger partial charge on any atom is 0.191 e. The highest BCUT2D eigenvalue weighted by molar-refractivity contribution is 9.11. The van der Waals surface area contributed by atoms with E-state index in [0.29, 0.717) is 6.10 Å². The number of hydrogen-bond acceptors (Lipinski definition) is 3. The van der Waals surface area contributed by atoms with Crippen molar-refractivity contribution in [2.45, 2.75) is 25.5 Å². The van der Waals surface area contributed by atoms with Gasteiger partial charge in [-0.15, -0.1) is 11.3 Å². The topological polar surface area (TPSA) is 45.7 Å². The Kier molecular flexibility index (Phi) is 5.46. The van der Waals surface area contributed by atoms with Gasteiger partial charge in [-0.2, -0.15) is 0 Å². The van der Waals surface area contributed by atoms with Crippen LogP contribution in [0.4, 0.5) is 0 Å². The van der Waals surface area contributed by atoms with Crippen LogP contribution in [0.5, 0.6) is 0 Å². The van der Waals surface area contributed by atoms with Crippen LogP contribution >= 0.6 is 27.3 Å². The molecule has 0 aliphatic carbocycles. The van der Waals surface area contributed by atoms with E-state index in [9.17, 15) is 0 Å². The average molecular weight is 332 g/mol. The van der Waals surface area contributed by atoms with E-state index < -0.39 is 0 Å². The minimum absolute atomic E-state index is 0.333. The Morgan fingerprint density at radius 1 is 1.56 bits per heavy atom. The molecule has 0 bridgehead atoms. The zero-order valence-corrected chi connectivity index (χ0v) is 12.8. The van der Waals surface area contributed by atoms with Crippen LogP contribution in [-0.4, -0.2) is 32.3 Å². The van der Waals surface area contributed by atoms with Crippen molar-refractivity contribution in [2.24, 2.45) is 4.99 Å². The lowest BCUT2D eigenvalue weighted by molar-refractivity contribution is 0.114. The highest BCUT2D eigenvalue weighted by Gasteiger charge is 2.15. The zero-order valence-electron chi connectivity index (χ0n) is 10.4. The van der Waals surface area contributed by atoms with Crippen molar-refractivity contribution in [3.8, 4) is 0 Å². The second kappa shape index (κ2) is 7.11. The third-order valence-corrected chi connectivity index (χ3v) is 4.43. The molecule has 6 heteroatoms. The number of nitrogens with one attached hydrogen (secondary N) is 2. The smallest absolute Gasteiger partial charge is 0.191 e. The first-order valence-electron chi connectivity index (χ1n) is 6.08. The van der Waals surface area contributed by atoms with Gasteiger partial charge in [-0.3, -0.25) is 4.99 Å². The summed E-state index contributed by atoms with van der Waals surface area (Å²) in [5, 5.41) is 6.59. The van der Waals surface area contributed by atoms with Crippen molar-refractivity contribution in [3.63, 3.8) is 0 Å². The largest absolute Gasteiger partial charge is 0.376 e. The van der Waals surface area contributed by atoms with Crippen molar-refractivity contribution in [1.29, 1.82) is 0 Å². The van der Waals surface area contributed by atoms with Gasteiger partial charge in [-0.1, -0.05) is 0 Å². The van der Waals surface area contributed by atoms with Crippen LogP contribution in [0.2, 0.25) is 0 Å². The molecule has 1 saturated heterocycles. The molecule has 0 aromatic carbocycles. The van der Waals surface area contributed by atoms with Crippen molar-refractivity contribution < 1.29 is 4.74 Å². The van der Waals surface area contributed by atoms with Crippen molar-refractivity contribution in [3.05, 3.63) is 20.8 Å². The van der Waals surface area contributed by atoms with E-state index in [2.05, 4.69) is 43.7 Å². The molecule has 1 aliphatic rings. The highest BCUT2D eigenvalue weighted by Crippen LogP contribution is 2.21. The van der Waals surface area contributed by atoms with Gasteiger partial charge in [0.1, 0.15) is 0 Å². The molecule has 2 heterocycles. The molecule has 2 rings (SSSR count). The third kappa shape index (κ3) is 4.26. The fourth-order valence-corrected chi connectivity index (χ4v) is 3.28. The van der Waals surface area contributed by atoms with Crippen molar-refractivity contribution in [1.82, 2.24) is 10.6 Å². The minimum Gasteiger partial charge on any atom is -0.376 e. The Balaban J connectivity index is 1.72. The summed E-state index contributed by atoms with van der Waals surface area (Å²) in [6, 6.07) is 4.17. The van der Waals surface area contributed by atoms with Gasteiger partial charge in [0.15, 0.2) is 5.96 Å². The normalized spacial score (nSPS) is 20.1. The van der Waals surface area contributed by atoms with Gasteiger partial charge in [-0.25, -0.2) is 0 Å². The Hall–Kier alpha value is -0.590. The van der Waals surface area contributed by atoms with Crippen LogP contribution < -0.4 is 10.6 Å². The summed E-state index contributed by atoms with van der Waals surface area (Å²) in [4.78, 5) is 5.48. The standard InChI is InChI=1S/C12H18BrN3OS/c1-14-12(15-7-9-3-2-6-17-9)16-8-10-4-5-11(13)18-10/h4-5,9H,2-3,6-8H2,1H3,(H2,14,15,16).